The molecule has 5 nitrogen and oxygen atoms in total. The summed E-state index contributed by atoms with van der Waals surface area (Å²) in [6.07, 6.45) is 4.93. The van der Waals surface area contributed by atoms with Crippen molar-refractivity contribution in [2.45, 2.75) is 5.25 Å². The fourth-order valence-electron chi connectivity index (χ4n) is 1.95. The van der Waals surface area contributed by atoms with Gasteiger partial charge in [0, 0.05) is 0 Å². The van der Waals surface area contributed by atoms with Gasteiger partial charge in [0.05, 0.1) is 14.2 Å². The highest BCUT2D eigenvalue weighted by Crippen LogP contribution is 2.39. The number of methoxy groups -OCH3 is 2. The fourth-order valence-corrected chi connectivity index (χ4v) is 2.91. The molecule has 96 valence electrons. The van der Waals surface area contributed by atoms with Crippen LogP contribution in [-0.4, -0.2) is 35.7 Å². The number of carbonyl (C=O) groups is 2. The third-order valence-electron chi connectivity index (χ3n) is 2.77. The molecule has 0 radical (unpaired) electrons. The molecule has 2 atom stereocenters. The highest BCUT2D eigenvalue weighted by atomic mass is 32.2. The number of allylic oxidation sites excluding steroid dienone is 3. The van der Waals surface area contributed by atoms with Gasteiger partial charge in [-0.3, -0.25) is 9.59 Å². The number of carboxylic acid groups (broad SMARTS) is 1. The van der Waals surface area contributed by atoms with Crippen LogP contribution in [0.25, 0.3) is 0 Å². The first-order chi connectivity index (χ1) is 8.58. The summed E-state index contributed by atoms with van der Waals surface area (Å²) in [6.45, 7) is 0. The standard InChI is InChI=1S/C12H12O5S/c1-16-7-4-3-6-5-8(11(13)14)18-12(15)9(6)10(7)17-2/h3-5,8-9H,1-2H3,(H,13,14)/t8-,9+/m1/s1. The van der Waals surface area contributed by atoms with Crippen molar-refractivity contribution in [1.82, 2.24) is 0 Å². The van der Waals surface area contributed by atoms with E-state index in [1.807, 2.05) is 0 Å². The molecule has 2 aliphatic rings. The molecule has 0 aromatic rings. The normalized spacial score (nSPS) is 26.6. The summed E-state index contributed by atoms with van der Waals surface area (Å²) in [5.41, 5.74) is 0.642. The first-order valence-electron chi connectivity index (χ1n) is 5.23. The Balaban J connectivity index is 2.44. The molecule has 0 bridgehead atoms. The zero-order chi connectivity index (χ0) is 13.3. The lowest BCUT2D eigenvalue weighted by atomic mass is 9.91. The van der Waals surface area contributed by atoms with Crippen molar-refractivity contribution in [3.63, 3.8) is 0 Å². The van der Waals surface area contributed by atoms with Crippen LogP contribution in [0.3, 0.4) is 0 Å². The lowest BCUT2D eigenvalue weighted by Gasteiger charge is -2.28. The molecule has 2 rings (SSSR count). The summed E-state index contributed by atoms with van der Waals surface area (Å²) < 4.78 is 10.3. The minimum absolute atomic E-state index is 0.240. The first kappa shape index (κ1) is 12.8. The molecule has 0 saturated heterocycles. The molecule has 0 saturated carbocycles. The molecule has 0 aromatic heterocycles. The van der Waals surface area contributed by atoms with Crippen molar-refractivity contribution in [2.75, 3.05) is 14.2 Å². The summed E-state index contributed by atoms with van der Waals surface area (Å²) in [5, 5.41) is 7.88. The van der Waals surface area contributed by atoms with Crippen molar-refractivity contribution < 1.29 is 24.2 Å². The number of ether oxygens (including phenoxy) is 2. The van der Waals surface area contributed by atoms with Gasteiger partial charge in [-0.2, -0.15) is 0 Å². The van der Waals surface area contributed by atoms with Crippen molar-refractivity contribution >= 4 is 22.8 Å². The van der Waals surface area contributed by atoms with Crippen LogP contribution >= 0.6 is 11.8 Å². The van der Waals surface area contributed by atoms with Crippen LogP contribution in [0, 0.1) is 5.92 Å². The predicted molar refractivity (Wildman–Crippen MR) is 65.8 cm³/mol. The molecule has 1 aliphatic heterocycles. The molecule has 18 heavy (non-hydrogen) atoms. The third-order valence-corrected chi connectivity index (χ3v) is 3.83. The van der Waals surface area contributed by atoms with Crippen LogP contribution in [0.15, 0.2) is 35.3 Å². The van der Waals surface area contributed by atoms with Crippen LogP contribution in [-0.2, 0) is 19.1 Å². The molecular formula is C12H12O5S. The van der Waals surface area contributed by atoms with Crippen molar-refractivity contribution in [1.29, 1.82) is 0 Å². The average molecular weight is 268 g/mol. The number of hydrogen-bond acceptors (Lipinski definition) is 5. The van der Waals surface area contributed by atoms with Gasteiger partial charge in [0.2, 0.25) is 5.12 Å². The largest absolute Gasteiger partial charge is 0.496 e. The maximum absolute atomic E-state index is 12.0. The van der Waals surface area contributed by atoms with Gasteiger partial charge >= 0.3 is 5.97 Å². The van der Waals surface area contributed by atoms with Gasteiger partial charge in [0.1, 0.15) is 11.2 Å². The van der Waals surface area contributed by atoms with Crippen LogP contribution < -0.4 is 0 Å². The van der Waals surface area contributed by atoms with E-state index in [1.165, 1.54) is 14.2 Å². The first-order valence-corrected chi connectivity index (χ1v) is 6.11. The maximum atomic E-state index is 12.0. The van der Waals surface area contributed by atoms with Crippen LogP contribution in [0.1, 0.15) is 0 Å². The molecule has 0 aromatic carbocycles. The summed E-state index contributed by atoms with van der Waals surface area (Å²) in [7, 11) is 2.96. The molecule has 0 amide bonds. The second-order valence-corrected chi connectivity index (χ2v) is 4.91. The lowest BCUT2D eigenvalue weighted by Crippen LogP contribution is -2.30. The van der Waals surface area contributed by atoms with Gasteiger partial charge in [0.25, 0.3) is 0 Å². The Kier molecular flexibility index (Phi) is 3.47. The van der Waals surface area contributed by atoms with E-state index in [4.69, 9.17) is 14.6 Å². The van der Waals surface area contributed by atoms with Gasteiger partial charge < -0.3 is 14.6 Å². The molecule has 0 fully saturated rings. The van der Waals surface area contributed by atoms with Crippen LogP contribution in [0.4, 0.5) is 0 Å². The van der Waals surface area contributed by atoms with E-state index in [1.54, 1.807) is 18.2 Å². The number of rotatable bonds is 3. The minimum atomic E-state index is -1.02. The van der Waals surface area contributed by atoms with Gasteiger partial charge in [-0.15, -0.1) is 0 Å². The molecule has 0 unspecified atom stereocenters. The number of carbonyl (C=O) groups excluding carboxylic acids is 1. The van der Waals surface area contributed by atoms with Gasteiger partial charge in [-0.05, 0) is 11.6 Å². The zero-order valence-corrected chi connectivity index (χ0v) is 10.7. The van der Waals surface area contributed by atoms with Gasteiger partial charge in [0.15, 0.2) is 11.5 Å². The second-order valence-electron chi connectivity index (χ2n) is 3.77. The number of thioether (sulfide) groups is 1. The molecule has 0 spiro atoms. The van der Waals surface area contributed by atoms with E-state index in [0.717, 1.165) is 11.8 Å². The second kappa shape index (κ2) is 4.89. The quantitative estimate of drug-likeness (QED) is 0.832. The van der Waals surface area contributed by atoms with Crippen molar-refractivity contribution in [2.24, 2.45) is 5.92 Å². The summed E-state index contributed by atoms with van der Waals surface area (Å²) in [6, 6.07) is 0. The van der Waals surface area contributed by atoms with Gasteiger partial charge in [-0.1, -0.05) is 23.9 Å². The Morgan fingerprint density at radius 1 is 1.33 bits per heavy atom. The topological polar surface area (TPSA) is 72.8 Å². The van der Waals surface area contributed by atoms with E-state index in [2.05, 4.69) is 0 Å². The Morgan fingerprint density at radius 3 is 2.61 bits per heavy atom. The van der Waals surface area contributed by atoms with Crippen LogP contribution in [0.5, 0.6) is 0 Å². The third kappa shape index (κ3) is 2.03. The Morgan fingerprint density at radius 2 is 2.06 bits per heavy atom. The van der Waals surface area contributed by atoms with Crippen LogP contribution in [0.2, 0.25) is 0 Å². The van der Waals surface area contributed by atoms with Crippen molar-refractivity contribution in [3.05, 3.63) is 35.3 Å². The van der Waals surface area contributed by atoms with Gasteiger partial charge in [-0.25, -0.2) is 0 Å². The fraction of sp³-hybridized carbons (Fsp3) is 0.333. The average Bonchev–Trinajstić information content (AvgIpc) is 2.36. The van der Waals surface area contributed by atoms with E-state index in [-0.39, 0.29) is 5.12 Å². The smallest absolute Gasteiger partial charge is 0.321 e. The summed E-state index contributed by atoms with van der Waals surface area (Å²) in [5.74, 6) is -0.682. The number of carboxylic acids is 1. The Hall–Kier alpha value is -1.69. The monoisotopic (exact) mass is 268 g/mol. The number of hydrogen-bond donors (Lipinski definition) is 1. The maximum Gasteiger partial charge on any atom is 0.321 e. The SMILES string of the molecule is COC1=C(OC)[C@H]2C(=O)S[C@@H](C(=O)O)C=C2C=C1. The van der Waals surface area contributed by atoms with E-state index >= 15 is 0 Å². The highest BCUT2D eigenvalue weighted by Gasteiger charge is 2.39. The van der Waals surface area contributed by atoms with Crippen molar-refractivity contribution in [3.8, 4) is 0 Å². The lowest BCUT2D eigenvalue weighted by molar-refractivity contribution is -0.135. The zero-order valence-electron chi connectivity index (χ0n) is 9.88. The summed E-state index contributed by atoms with van der Waals surface area (Å²) >= 11 is 0.793. The molecule has 6 heteroatoms. The predicted octanol–water partition coefficient (Wildman–Crippen LogP) is 1.33. The Bertz CT molecular complexity index is 489. The Labute approximate surface area is 108 Å². The van der Waals surface area contributed by atoms with E-state index < -0.39 is 17.1 Å². The van der Waals surface area contributed by atoms with E-state index in [0.29, 0.717) is 17.1 Å². The number of aliphatic carboxylic acids is 1. The molecule has 1 heterocycles. The minimum Gasteiger partial charge on any atom is -0.496 e. The molecule has 1 N–H and O–H groups in total. The van der Waals surface area contributed by atoms with E-state index in [9.17, 15) is 9.59 Å². The molecular weight excluding hydrogens is 256 g/mol. The number of fused-ring (bicyclic) bond motifs is 1. The highest BCUT2D eigenvalue weighted by molar-refractivity contribution is 8.15. The summed E-state index contributed by atoms with van der Waals surface area (Å²) in [4.78, 5) is 23.0. The molecule has 1 aliphatic carbocycles.